The Morgan fingerprint density at radius 3 is 2.51 bits per heavy atom. The van der Waals surface area contributed by atoms with E-state index in [0.29, 0.717) is 6.54 Å². The number of nitrogens with two attached hydrogens (primary N) is 1. The second-order valence-electron chi connectivity index (χ2n) is 9.98. The van der Waals surface area contributed by atoms with E-state index in [0.717, 1.165) is 6.42 Å². The van der Waals surface area contributed by atoms with Crippen LogP contribution in [0.5, 0.6) is 5.75 Å². The van der Waals surface area contributed by atoms with Crippen LogP contribution >= 0.6 is 0 Å². The van der Waals surface area contributed by atoms with Crippen molar-refractivity contribution in [1.29, 1.82) is 0 Å². The number of fused-ring (bicyclic) bond motifs is 4. The average molecular weight is 515 g/mol. The van der Waals surface area contributed by atoms with Gasteiger partial charge in [0.05, 0.1) is 17.3 Å². The lowest BCUT2D eigenvalue weighted by molar-refractivity contribution is -0.147. The third-order valence-electron chi connectivity index (χ3n) is 7.88. The lowest BCUT2D eigenvalue weighted by atomic mass is 9.59. The Morgan fingerprint density at radius 1 is 1.16 bits per heavy atom. The summed E-state index contributed by atoms with van der Waals surface area (Å²) >= 11 is 0. The van der Waals surface area contributed by atoms with Gasteiger partial charge in [-0.05, 0) is 31.7 Å². The largest absolute Gasteiger partial charge is 0.508 e. The van der Waals surface area contributed by atoms with Gasteiger partial charge in [-0.3, -0.25) is 19.2 Å². The van der Waals surface area contributed by atoms with Gasteiger partial charge in [0.2, 0.25) is 11.7 Å². The highest BCUT2D eigenvalue weighted by Crippen LogP contribution is 2.54. The summed E-state index contributed by atoms with van der Waals surface area (Å²) in [6, 6.07) is -0.726. The summed E-state index contributed by atoms with van der Waals surface area (Å²) in [6.45, 7) is 2.43. The first-order valence-electron chi connectivity index (χ1n) is 12.0. The van der Waals surface area contributed by atoms with Crippen molar-refractivity contribution in [3.05, 3.63) is 39.4 Å². The zero-order valence-electron chi connectivity index (χ0n) is 19.9. The molecule has 4 aliphatic rings. The molecule has 196 valence electrons. The van der Waals surface area contributed by atoms with Gasteiger partial charge in [0.15, 0.2) is 17.1 Å². The zero-order chi connectivity index (χ0) is 27.0. The Balaban J connectivity index is 1.65. The normalized spacial score (nSPS) is 28.8. The van der Waals surface area contributed by atoms with E-state index in [-0.39, 0.29) is 41.6 Å². The van der Waals surface area contributed by atoms with Crippen molar-refractivity contribution in [2.45, 2.75) is 50.7 Å². The van der Waals surface area contributed by atoms with E-state index in [1.165, 1.54) is 0 Å². The Kier molecular flexibility index (Phi) is 5.64. The molecular formula is C25H26FN3O8. The number of benzene rings is 1. The molecule has 1 heterocycles. The Bertz CT molecular complexity index is 1370. The molecular weight excluding hydrogens is 489 g/mol. The number of carbonyl (C=O) groups is 4. The van der Waals surface area contributed by atoms with Crippen LogP contribution in [0.4, 0.5) is 10.1 Å². The first-order valence-corrected chi connectivity index (χ1v) is 12.0. The smallest absolute Gasteiger partial charge is 0.255 e. The second-order valence-corrected chi connectivity index (χ2v) is 9.98. The number of aliphatic hydroxyl groups is 3. The van der Waals surface area contributed by atoms with Crippen molar-refractivity contribution < 1.29 is 44.0 Å². The molecule has 2 amide bonds. The van der Waals surface area contributed by atoms with Crippen LogP contribution < -0.4 is 16.4 Å². The quantitative estimate of drug-likeness (QED) is 0.219. The van der Waals surface area contributed by atoms with Crippen LogP contribution in [0.2, 0.25) is 0 Å². The van der Waals surface area contributed by atoms with Crippen LogP contribution in [-0.2, 0) is 32.0 Å². The number of aromatic hydroxyl groups is 1. The Hall–Kier alpha value is -3.77. The van der Waals surface area contributed by atoms with Gasteiger partial charge in [0, 0.05) is 35.5 Å². The van der Waals surface area contributed by atoms with Gasteiger partial charge in [-0.1, -0.05) is 6.92 Å². The lowest BCUT2D eigenvalue weighted by Crippen LogP contribution is -2.58. The van der Waals surface area contributed by atoms with Crippen molar-refractivity contribution in [3.63, 3.8) is 0 Å². The number of anilines is 1. The lowest BCUT2D eigenvalue weighted by Gasteiger charge is -2.46. The third-order valence-corrected chi connectivity index (χ3v) is 7.88. The summed E-state index contributed by atoms with van der Waals surface area (Å²) in [6.07, 6.45) is -0.00992. The number of nitrogens with one attached hydrogen (secondary N) is 2. The number of phenols is 1. The molecule has 1 fully saturated rings. The van der Waals surface area contributed by atoms with E-state index in [1.54, 1.807) is 0 Å². The maximum absolute atomic E-state index is 15.8. The number of amides is 2. The molecule has 5 rings (SSSR count). The van der Waals surface area contributed by atoms with Crippen LogP contribution in [0.15, 0.2) is 16.9 Å². The molecule has 1 aliphatic heterocycles. The molecule has 0 spiro atoms. The third kappa shape index (κ3) is 3.32. The predicted molar refractivity (Wildman–Crippen MR) is 126 cm³/mol. The Labute approximate surface area is 209 Å². The van der Waals surface area contributed by atoms with E-state index in [9.17, 15) is 39.6 Å². The number of Topliss-reactive ketones (excluding diaryl/α,β-unsaturated/α-hetero) is 2. The van der Waals surface area contributed by atoms with Crippen molar-refractivity contribution in [2.75, 3.05) is 11.9 Å². The van der Waals surface area contributed by atoms with E-state index in [1.807, 2.05) is 6.92 Å². The second kappa shape index (κ2) is 8.38. The van der Waals surface area contributed by atoms with E-state index in [2.05, 4.69) is 10.6 Å². The van der Waals surface area contributed by atoms with Crippen molar-refractivity contribution in [1.82, 2.24) is 5.32 Å². The highest BCUT2D eigenvalue weighted by molar-refractivity contribution is 6.22. The van der Waals surface area contributed by atoms with Crippen molar-refractivity contribution >= 4 is 34.8 Å². The topological polar surface area (TPSA) is 199 Å². The monoisotopic (exact) mass is 515 g/mol. The molecule has 8 N–H and O–H groups in total. The van der Waals surface area contributed by atoms with Crippen LogP contribution in [0, 0.1) is 17.7 Å². The summed E-state index contributed by atoms with van der Waals surface area (Å²) in [5, 5.41) is 49.5. The molecule has 0 aromatic heterocycles. The van der Waals surface area contributed by atoms with Gasteiger partial charge in [-0.15, -0.1) is 0 Å². The molecule has 2 unspecified atom stereocenters. The summed E-state index contributed by atoms with van der Waals surface area (Å²) in [7, 11) is 0. The van der Waals surface area contributed by atoms with Crippen LogP contribution in [0.3, 0.4) is 0 Å². The molecule has 1 aromatic rings. The minimum absolute atomic E-state index is 0.0415. The number of rotatable bonds is 4. The summed E-state index contributed by atoms with van der Waals surface area (Å²) in [5.74, 6) is -9.18. The Morgan fingerprint density at radius 2 is 1.86 bits per heavy atom. The first-order chi connectivity index (χ1) is 17.4. The van der Waals surface area contributed by atoms with Crippen LogP contribution in [0.1, 0.15) is 42.9 Å². The van der Waals surface area contributed by atoms with Crippen molar-refractivity contribution in [2.24, 2.45) is 17.6 Å². The molecule has 11 nitrogen and oxygen atoms in total. The molecule has 12 heteroatoms. The maximum atomic E-state index is 15.8. The van der Waals surface area contributed by atoms with Gasteiger partial charge in [-0.2, -0.15) is 0 Å². The number of phenolic OH excluding ortho intramolecular Hbond substituents is 1. The van der Waals surface area contributed by atoms with Crippen LogP contribution in [0.25, 0.3) is 5.76 Å². The number of ketones is 2. The van der Waals surface area contributed by atoms with Gasteiger partial charge in [-0.25, -0.2) is 4.39 Å². The summed E-state index contributed by atoms with van der Waals surface area (Å²) in [4.78, 5) is 50.2. The number of halogens is 1. The van der Waals surface area contributed by atoms with Gasteiger partial charge in [0.1, 0.15) is 22.9 Å². The van der Waals surface area contributed by atoms with E-state index >= 15 is 4.39 Å². The number of hydrogen-bond donors (Lipinski definition) is 7. The van der Waals surface area contributed by atoms with Gasteiger partial charge < -0.3 is 36.8 Å². The van der Waals surface area contributed by atoms with Crippen LogP contribution in [-0.4, -0.2) is 62.0 Å². The highest BCUT2D eigenvalue weighted by atomic mass is 19.1. The SMILES string of the molecule is CCCNC1Cc2c(F)c3c(c(O)c2NC1=O)C(O)=C1C(=O)[C@]2(O)C(O)=C(C(N)=O)C(=O)C[C@@H]2CC1C3. The predicted octanol–water partition coefficient (Wildman–Crippen LogP) is 0.426. The minimum Gasteiger partial charge on any atom is -0.508 e. The highest BCUT2D eigenvalue weighted by Gasteiger charge is 2.60. The van der Waals surface area contributed by atoms with Crippen molar-refractivity contribution in [3.8, 4) is 5.75 Å². The molecule has 4 atom stereocenters. The minimum atomic E-state index is -2.70. The standard InChI is InChI=1S/C25H26FN3O8/c1-2-3-28-12-7-11-17(26)10-5-8-4-9-6-13(30)16(23(27)35)22(34)25(9,37)21(33)14(8)19(31)15(10)20(32)18(11)29-24(12)36/h8-9,12,28,31-32,34,37H,2-7H2,1H3,(H2,27,35)(H,29,36)/t8?,9-,12?,25-/m0/s1. The number of aliphatic hydroxyl groups excluding tert-OH is 2. The molecule has 0 saturated heterocycles. The zero-order valence-corrected chi connectivity index (χ0v) is 19.9. The fraction of sp³-hybridized carbons (Fsp3) is 0.440. The number of carbonyl (C=O) groups excluding carboxylic acids is 4. The average Bonchev–Trinajstić information content (AvgIpc) is 2.83. The molecule has 1 aromatic carbocycles. The van der Waals surface area contributed by atoms with E-state index < -0.39 is 87.5 Å². The van der Waals surface area contributed by atoms with Gasteiger partial charge in [0.25, 0.3) is 5.91 Å². The first kappa shape index (κ1) is 24.9. The van der Waals surface area contributed by atoms with E-state index in [4.69, 9.17) is 5.73 Å². The summed E-state index contributed by atoms with van der Waals surface area (Å²) < 4.78 is 15.8. The fourth-order valence-corrected chi connectivity index (χ4v) is 6.09. The molecule has 0 radical (unpaired) electrons. The maximum Gasteiger partial charge on any atom is 0.255 e. The number of primary amides is 1. The molecule has 1 saturated carbocycles. The summed E-state index contributed by atoms with van der Waals surface area (Å²) in [5.41, 5.74) is 0.569. The number of hydrogen-bond acceptors (Lipinski definition) is 9. The molecule has 0 bridgehead atoms. The fourth-order valence-electron chi connectivity index (χ4n) is 6.09. The molecule has 3 aliphatic carbocycles. The molecule has 37 heavy (non-hydrogen) atoms. The van der Waals surface area contributed by atoms with Gasteiger partial charge >= 0.3 is 0 Å².